The molecule has 1 amide bonds. The lowest BCUT2D eigenvalue weighted by Gasteiger charge is -2.35. The van der Waals surface area contributed by atoms with Gasteiger partial charge in [-0.25, -0.2) is 0 Å². The molecule has 0 bridgehead atoms. The molecule has 0 aromatic heterocycles. The Labute approximate surface area is 127 Å². The quantitative estimate of drug-likeness (QED) is 0.831. The van der Waals surface area contributed by atoms with E-state index in [-0.39, 0.29) is 18.6 Å². The van der Waals surface area contributed by atoms with Gasteiger partial charge in [0.1, 0.15) is 6.61 Å². The molecule has 3 rings (SSSR count). The molecule has 0 unspecified atom stereocenters. The molecule has 3 fully saturated rings. The van der Waals surface area contributed by atoms with Crippen LogP contribution in [0.15, 0.2) is 0 Å². The van der Waals surface area contributed by atoms with E-state index < -0.39 is 0 Å². The number of amides is 1. The molecule has 0 spiro atoms. The Balaban J connectivity index is 1.30. The molecule has 0 radical (unpaired) electrons. The molecule has 120 valence electrons. The minimum absolute atomic E-state index is 0.00674. The molecule has 21 heavy (non-hydrogen) atoms. The summed E-state index contributed by atoms with van der Waals surface area (Å²) in [5, 5.41) is 2.96. The van der Waals surface area contributed by atoms with Gasteiger partial charge in [0.2, 0.25) is 5.91 Å². The van der Waals surface area contributed by atoms with Gasteiger partial charge in [-0.15, -0.1) is 0 Å². The number of nitrogens with one attached hydrogen (secondary N) is 1. The fourth-order valence-electron chi connectivity index (χ4n) is 3.71. The normalized spacial score (nSPS) is 31.0. The highest BCUT2D eigenvalue weighted by Crippen LogP contribution is 2.22. The third-order valence-electron chi connectivity index (χ3n) is 4.99. The molecule has 2 atom stereocenters. The summed E-state index contributed by atoms with van der Waals surface area (Å²) in [6, 6.07) is 0.617. The second-order valence-electron chi connectivity index (χ2n) is 6.62. The lowest BCUT2D eigenvalue weighted by molar-refractivity contribution is -0.129. The summed E-state index contributed by atoms with van der Waals surface area (Å²) in [5.41, 5.74) is 0. The number of ether oxygens (including phenoxy) is 2. The Morgan fingerprint density at radius 3 is 2.90 bits per heavy atom. The second-order valence-corrected chi connectivity index (χ2v) is 6.62. The molecule has 5 nitrogen and oxygen atoms in total. The Kier molecular flexibility index (Phi) is 5.49. The predicted octanol–water partition coefficient (Wildman–Crippen LogP) is 1.32. The van der Waals surface area contributed by atoms with E-state index in [1.165, 1.54) is 38.6 Å². The Morgan fingerprint density at radius 2 is 2.05 bits per heavy atom. The van der Waals surface area contributed by atoms with Crippen LogP contribution in [0.5, 0.6) is 0 Å². The predicted molar refractivity (Wildman–Crippen MR) is 80.2 cm³/mol. The van der Waals surface area contributed by atoms with Crippen LogP contribution >= 0.6 is 0 Å². The van der Waals surface area contributed by atoms with E-state index in [4.69, 9.17) is 9.47 Å². The third kappa shape index (κ3) is 4.41. The SMILES string of the molecule is O=C(COC1CCCCC1)NC[C@@H]1CN2CCC[C@H]2CO1. The van der Waals surface area contributed by atoms with Crippen molar-refractivity contribution in [3.8, 4) is 0 Å². The largest absolute Gasteiger partial charge is 0.373 e. The zero-order valence-corrected chi connectivity index (χ0v) is 12.9. The maximum absolute atomic E-state index is 11.9. The molecular formula is C16H28N2O3. The van der Waals surface area contributed by atoms with Crippen molar-refractivity contribution in [2.75, 3.05) is 32.8 Å². The Bertz CT molecular complexity index is 344. The number of morpholine rings is 1. The van der Waals surface area contributed by atoms with E-state index in [0.717, 1.165) is 26.0 Å². The van der Waals surface area contributed by atoms with E-state index in [2.05, 4.69) is 10.2 Å². The summed E-state index contributed by atoms with van der Waals surface area (Å²) in [6.45, 7) is 3.76. The smallest absolute Gasteiger partial charge is 0.246 e. The van der Waals surface area contributed by atoms with Crippen LogP contribution in [-0.4, -0.2) is 61.9 Å². The molecule has 3 aliphatic rings. The first-order valence-corrected chi connectivity index (χ1v) is 8.55. The van der Waals surface area contributed by atoms with Crippen molar-refractivity contribution in [1.82, 2.24) is 10.2 Å². The first-order valence-electron chi connectivity index (χ1n) is 8.55. The maximum Gasteiger partial charge on any atom is 0.246 e. The van der Waals surface area contributed by atoms with Gasteiger partial charge in [0.25, 0.3) is 0 Å². The van der Waals surface area contributed by atoms with Crippen molar-refractivity contribution in [2.45, 2.75) is 63.2 Å². The van der Waals surface area contributed by atoms with Crippen molar-refractivity contribution >= 4 is 5.91 Å². The van der Waals surface area contributed by atoms with Gasteiger partial charge in [0, 0.05) is 19.1 Å². The highest BCUT2D eigenvalue weighted by atomic mass is 16.5. The molecule has 1 N–H and O–H groups in total. The maximum atomic E-state index is 11.9. The highest BCUT2D eigenvalue weighted by Gasteiger charge is 2.32. The minimum Gasteiger partial charge on any atom is -0.373 e. The zero-order chi connectivity index (χ0) is 14.5. The fourth-order valence-corrected chi connectivity index (χ4v) is 3.71. The summed E-state index contributed by atoms with van der Waals surface area (Å²) in [4.78, 5) is 14.3. The van der Waals surface area contributed by atoms with Crippen LogP contribution in [0.3, 0.4) is 0 Å². The molecule has 1 aliphatic carbocycles. The lowest BCUT2D eigenvalue weighted by Crippen LogP contribution is -2.50. The number of nitrogens with zero attached hydrogens (tertiary/aromatic N) is 1. The summed E-state index contributed by atoms with van der Waals surface area (Å²) < 4.78 is 11.5. The van der Waals surface area contributed by atoms with Gasteiger partial charge in [-0.05, 0) is 32.2 Å². The van der Waals surface area contributed by atoms with Crippen LogP contribution in [0.2, 0.25) is 0 Å². The van der Waals surface area contributed by atoms with Crippen LogP contribution in [0.25, 0.3) is 0 Å². The monoisotopic (exact) mass is 296 g/mol. The topological polar surface area (TPSA) is 50.8 Å². The number of rotatable bonds is 5. The molecule has 1 saturated carbocycles. The van der Waals surface area contributed by atoms with Gasteiger partial charge in [-0.2, -0.15) is 0 Å². The Hall–Kier alpha value is -0.650. The molecule has 0 aromatic carbocycles. The van der Waals surface area contributed by atoms with Crippen molar-refractivity contribution in [3.63, 3.8) is 0 Å². The van der Waals surface area contributed by atoms with Gasteiger partial charge in [0.05, 0.1) is 18.8 Å². The number of carbonyl (C=O) groups is 1. The van der Waals surface area contributed by atoms with Crippen molar-refractivity contribution < 1.29 is 14.3 Å². The van der Waals surface area contributed by atoms with Crippen LogP contribution < -0.4 is 5.32 Å². The summed E-state index contributed by atoms with van der Waals surface area (Å²) in [5.74, 6) is -0.00674. The first-order chi connectivity index (χ1) is 10.3. The average molecular weight is 296 g/mol. The number of hydrogen-bond donors (Lipinski definition) is 1. The van der Waals surface area contributed by atoms with Gasteiger partial charge in [-0.1, -0.05) is 19.3 Å². The van der Waals surface area contributed by atoms with E-state index in [0.29, 0.717) is 18.7 Å². The summed E-state index contributed by atoms with van der Waals surface area (Å²) in [6.07, 6.45) is 8.96. The van der Waals surface area contributed by atoms with Crippen molar-refractivity contribution in [1.29, 1.82) is 0 Å². The molecule has 0 aromatic rings. The highest BCUT2D eigenvalue weighted by molar-refractivity contribution is 5.77. The molecular weight excluding hydrogens is 268 g/mol. The number of fused-ring (bicyclic) bond motifs is 1. The first kappa shape index (κ1) is 15.3. The average Bonchev–Trinajstić information content (AvgIpc) is 2.99. The zero-order valence-electron chi connectivity index (χ0n) is 12.9. The van der Waals surface area contributed by atoms with E-state index in [1.807, 2.05) is 0 Å². The van der Waals surface area contributed by atoms with Crippen molar-refractivity contribution in [3.05, 3.63) is 0 Å². The molecule has 2 saturated heterocycles. The number of carbonyl (C=O) groups excluding carboxylic acids is 1. The fraction of sp³-hybridized carbons (Fsp3) is 0.938. The van der Waals surface area contributed by atoms with Gasteiger partial charge >= 0.3 is 0 Å². The molecule has 2 heterocycles. The van der Waals surface area contributed by atoms with Crippen molar-refractivity contribution in [2.24, 2.45) is 0 Å². The van der Waals surface area contributed by atoms with Gasteiger partial charge in [0.15, 0.2) is 0 Å². The van der Waals surface area contributed by atoms with E-state index >= 15 is 0 Å². The van der Waals surface area contributed by atoms with E-state index in [9.17, 15) is 4.79 Å². The molecule has 2 aliphatic heterocycles. The van der Waals surface area contributed by atoms with Crippen LogP contribution in [-0.2, 0) is 14.3 Å². The van der Waals surface area contributed by atoms with Gasteiger partial charge in [-0.3, -0.25) is 9.69 Å². The van der Waals surface area contributed by atoms with Crippen LogP contribution in [0, 0.1) is 0 Å². The minimum atomic E-state index is -0.00674. The molecule has 5 heteroatoms. The summed E-state index contributed by atoms with van der Waals surface area (Å²) in [7, 11) is 0. The van der Waals surface area contributed by atoms with Crippen LogP contribution in [0.1, 0.15) is 44.9 Å². The van der Waals surface area contributed by atoms with E-state index in [1.54, 1.807) is 0 Å². The van der Waals surface area contributed by atoms with Crippen LogP contribution in [0.4, 0.5) is 0 Å². The van der Waals surface area contributed by atoms with Gasteiger partial charge < -0.3 is 14.8 Å². The lowest BCUT2D eigenvalue weighted by atomic mass is 9.98. The Morgan fingerprint density at radius 1 is 1.19 bits per heavy atom. The standard InChI is InChI=1S/C16H28N2O3/c19-16(12-21-14-6-2-1-3-7-14)17-9-15-10-18-8-4-5-13(18)11-20-15/h13-15H,1-12H2,(H,17,19)/t13-,15+/m0/s1. The third-order valence-corrected chi connectivity index (χ3v) is 4.99. The number of hydrogen-bond acceptors (Lipinski definition) is 4. The second kappa shape index (κ2) is 7.56. The summed E-state index contributed by atoms with van der Waals surface area (Å²) >= 11 is 0.